The second-order valence-electron chi connectivity index (χ2n) is 11.3. The average Bonchev–Trinajstić information content (AvgIpc) is 3.66. The molecule has 3 saturated heterocycles. The summed E-state index contributed by atoms with van der Waals surface area (Å²) in [6.45, 7) is 9.72. The lowest BCUT2D eigenvalue weighted by Crippen LogP contribution is -2.44. The molecule has 3 fully saturated rings. The van der Waals surface area contributed by atoms with Gasteiger partial charge in [-0.15, -0.1) is 0 Å². The Morgan fingerprint density at radius 3 is 0.904 bits per heavy atom. The molecule has 0 bridgehead atoms. The Labute approximate surface area is 297 Å². The Morgan fingerprint density at radius 1 is 0.500 bits per heavy atom. The fourth-order valence-electron chi connectivity index (χ4n) is 5.19. The number of nitrogens with two attached hydrogens (primary N) is 3. The maximum atomic E-state index is 9.78. The summed E-state index contributed by atoms with van der Waals surface area (Å²) in [5.74, 6) is 0.890. The van der Waals surface area contributed by atoms with Gasteiger partial charge in [0, 0.05) is 0 Å². The van der Waals surface area contributed by atoms with Crippen LogP contribution in [0, 0.1) is 0 Å². The molecule has 0 saturated carbocycles. The second kappa shape index (κ2) is 17.9. The first-order chi connectivity index (χ1) is 24.1. The van der Waals surface area contributed by atoms with Crippen molar-refractivity contribution in [2.45, 2.75) is 81.0 Å². The van der Waals surface area contributed by atoms with E-state index in [-0.39, 0.29) is 42.8 Å². The summed E-state index contributed by atoms with van der Waals surface area (Å²) in [6, 6.07) is 0. The molecule has 15 N–H and O–H groups in total. The number of aliphatic imine (C=N–C) groups is 6. The minimum Gasteiger partial charge on any atom is -0.394 e. The van der Waals surface area contributed by atoms with Crippen LogP contribution in [0.15, 0.2) is 67.2 Å². The summed E-state index contributed by atoms with van der Waals surface area (Å²) < 4.78 is 15.9. The van der Waals surface area contributed by atoms with E-state index in [0.29, 0.717) is 0 Å². The van der Waals surface area contributed by atoms with Gasteiger partial charge in [0.25, 0.3) is 0 Å². The van der Waals surface area contributed by atoms with Crippen LogP contribution in [0.25, 0.3) is 0 Å². The molecule has 3 unspecified atom stereocenters. The molecule has 0 amide bonds. The van der Waals surface area contributed by atoms with Crippen molar-refractivity contribution < 1.29 is 60.2 Å². The molecule has 290 valence electrons. The highest BCUT2D eigenvalue weighted by Crippen LogP contribution is 2.28. The van der Waals surface area contributed by atoms with Crippen LogP contribution in [-0.4, -0.2) is 191 Å². The molecule has 12 atom stereocenters. The first kappa shape index (κ1) is 42.0. The van der Waals surface area contributed by atoms with Gasteiger partial charge in [0.1, 0.15) is 91.4 Å². The Balaban J connectivity index is 0.000000208. The highest BCUT2D eigenvalue weighted by molar-refractivity contribution is 5.90. The second-order valence-corrected chi connectivity index (χ2v) is 11.3. The average molecular weight is 743 g/mol. The molecular weight excluding hydrogens is 696 g/mol. The molecule has 6 heterocycles. The summed E-state index contributed by atoms with van der Waals surface area (Å²) >= 11 is 0. The van der Waals surface area contributed by atoms with E-state index in [1.54, 1.807) is 0 Å². The molecule has 6 rings (SSSR count). The Hall–Kier alpha value is -4.44. The summed E-state index contributed by atoms with van der Waals surface area (Å²) in [7, 11) is 0. The molecule has 0 radical (unpaired) electrons. The lowest BCUT2D eigenvalue weighted by atomic mass is 10.1. The molecular formula is C28H46N12O12. The minimum atomic E-state index is -1.19. The van der Waals surface area contributed by atoms with E-state index in [0.717, 1.165) is 0 Å². The number of hydrogen-bond donors (Lipinski definition) is 12. The van der Waals surface area contributed by atoms with Gasteiger partial charge in [-0.1, -0.05) is 27.2 Å². The highest BCUT2D eigenvalue weighted by atomic mass is 16.6. The van der Waals surface area contributed by atoms with Crippen LogP contribution in [0.5, 0.6) is 0 Å². The topological polar surface area (TPSA) is 372 Å². The molecule has 0 spiro atoms. The highest BCUT2D eigenvalue weighted by Gasteiger charge is 2.48. The van der Waals surface area contributed by atoms with Gasteiger partial charge in [-0.2, -0.15) is 15.0 Å². The monoisotopic (exact) mass is 742 g/mol. The predicted octanol–water partition coefficient (Wildman–Crippen LogP) is -6.70. The predicted molar refractivity (Wildman–Crippen MR) is 183 cm³/mol. The Bertz CT molecular complexity index is 1320. The van der Waals surface area contributed by atoms with Crippen molar-refractivity contribution in [2.24, 2.45) is 47.2 Å². The third-order valence-electron chi connectivity index (χ3n) is 7.94. The largest absolute Gasteiger partial charge is 0.394 e. The molecule has 24 heteroatoms. The molecule has 0 aromatic rings. The van der Waals surface area contributed by atoms with Gasteiger partial charge in [0.15, 0.2) is 18.7 Å². The van der Waals surface area contributed by atoms with E-state index in [9.17, 15) is 30.6 Å². The molecule has 6 aliphatic rings. The van der Waals surface area contributed by atoms with E-state index >= 15 is 0 Å². The van der Waals surface area contributed by atoms with E-state index in [1.165, 1.54) is 33.7 Å². The quantitative estimate of drug-likeness (QED) is 0.120. The fourth-order valence-corrected chi connectivity index (χ4v) is 5.19. The van der Waals surface area contributed by atoms with Gasteiger partial charge < -0.3 is 77.4 Å². The first-order valence-corrected chi connectivity index (χ1v) is 15.1. The van der Waals surface area contributed by atoms with Gasteiger partial charge in [-0.25, -0.2) is 15.0 Å². The zero-order valence-electron chi connectivity index (χ0n) is 26.9. The van der Waals surface area contributed by atoms with Crippen molar-refractivity contribution in [1.82, 2.24) is 14.7 Å². The van der Waals surface area contributed by atoms with Crippen LogP contribution in [0.1, 0.15) is 7.43 Å². The molecule has 52 heavy (non-hydrogen) atoms. The van der Waals surface area contributed by atoms with Gasteiger partial charge >= 0.3 is 0 Å². The maximum Gasteiger partial charge on any atom is 0.223 e. The van der Waals surface area contributed by atoms with Crippen LogP contribution in [-0.2, 0) is 14.2 Å². The lowest BCUT2D eigenvalue weighted by Gasteiger charge is -2.29. The number of ether oxygens (including phenoxy) is 3. The Kier molecular flexibility index (Phi) is 14.4. The minimum absolute atomic E-state index is 0. The van der Waals surface area contributed by atoms with Crippen molar-refractivity contribution in [3.05, 3.63) is 37.2 Å². The van der Waals surface area contributed by atoms with Crippen LogP contribution in [0.4, 0.5) is 0 Å². The van der Waals surface area contributed by atoms with Crippen molar-refractivity contribution in [3.63, 3.8) is 0 Å². The van der Waals surface area contributed by atoms with E-state index in [4.69, 9.17) is 46.7 Å². The zero-order valence-corrected chi connectivity index (χ0v) is 26.9. The Morgan fingerprint density at radius 2 is 0.731 bits per heavy atom. The number of hydrogen-bond acceptors (Lipinski definition) is 24. The van der Waals surface area contributed by atoms with Gasteiger partial charge in [-0.05, 0) is 0 Å². The molecule has 24 nitrogen and oxygen atoms in total. The van der Waals surface area contributed by atoms with E-state index in [2.05, 4.69) is 49.7 Å². The van der Waals surface area contributed by atoms with Crippen molar-refractivity contribution in [2.75, 3.05) is 19.8 Å². The van der Waals surface area contributed by atoms with Crippen molar-refractivity contribution >= 4 is 36.9 Å². The van der Waals surface area contributed by atoms with Gasteiger partial charge in [0.05, 0.1) is 19.8 Å². The van der Waals surface area contributed by atoms with Crippen molar-refractivity contribution in [3.8, 4) is 0 Å². The summed E-state index contributed by atoms with van der Waals surface area (Å²) in [5.41, 5.74) is 16.1. The zero-order chi connectivity index (χ0) is 37.7. The number of nitrogens with zero attached hydrogens (tertiary/aromatic N) is 9. The van der Waals surface area contributed by atoms with Crippen LogP contribution >= 0.6 is 0 Å². The number of rotatable bonds is 6. The normalized spacial score (nSPS) is 36.8. The SMILES string of the molecule is C.C=C1N=C(N)N=CN1[C@@H]1O[C@H](CO)[C@H](O)C1O.C=C1N=C(N)N=CN1[C@@H]1O[C@H](CO)[C@H](O)C1O.C=C1N=C(N)N=CN1[C@@H]1O[C@H](CO)[C@H](O)C1O. The molecule has 0 aliphatic carbocycles. The summed E-state index contributed by atoms with van der Waals surface area (Å²) in [6.07, 6.45) is -8.38. The summed E-state index contributed by atoms with van der Waals surface area (Å²) in [4.78, 5) is 26.7. The molecule has 6 aliphatic heterocycles. The molecule has 0 aromatic heterocycles. The molecule has 0 aromatic carbocycles. The number of aliphatic hydroxyl groups excluding tert-OH is 9. The van der Waals surface area contributed by atoms with E-state index in [1.807, 2.05) is 0 Å². The van der Waals surface area contributed by atoms with E-state index < -0.39 is 93.4 Å². The first-order valence-electron chi connectivity index (χ1n) is 15.1. The standard InChI is InChI=1S/3C9H14N4O4.CH4/c3*1-4-12-9(10)11-3-13(4)8-7(16)6(15)5(2-14)17-8;/h3*3,5-8,14-16H,1-2H2,(H2,10,12);1H4/t3*5-,6+,7?,8-;/m111./s1. The fraction of sp³-hybridized carbons (Fsp3) is 0.571. The third kappa shape index (κ3) is 8.95. The number of aliphatic hydroxyl groups is 9. The van der Waals surface area contributed by atoms with Crippen molar-refractivity contribution in [1.29, 1.82) is 0 Å². The van der Waals surface area contributed by atoms with Crippen LogP contribution < -0.4 is 17.2 Å². The van der Waals surface area contributed by atoms with Crippen LogP contribution in [0.2, 0.25) is 0 Å². The number of guanidine groups is 3. The summed E-state index contributed by atoms with van der Waals surface area (Å²) in [5, 5.41) is 85.0. The van der Waals surface area contributed by atoms with Gasteiger partial charge in [0.2, 0.25) is 17.9 Å². The van der Waals surface area contributed by atoms with Crippen LogP contribution in [0.3, 0.4) is 0 Å². The lowest BCUT2D eigenvalue weighted by molar-refractivity contribution is -0.0607. The van der Waals surface area contributed by atoms with Gasteiger partial charge in [-0.3, -0.25) is 14.7 Å². The third-order valence-corrected chi connectivity index (χ3v) is 7.94. The smallest absolute Gasteiger partial charge is 0.223 e. The maximum absolute atomic E-state index is 9.78.